The molecule has 0 unspecified atom stereocenters. The third kappa shape index (κ3) is 4.10. The molecule has 1 aromatic carbocycles. The van der Waals surface area contributed by atoms with E-state index in [0.717, 1.165) is 5.56 Å². The van der Waals surface area contributed by atoms with Gasteiger partial charge < -0.3 is 14.4 Å². The van der Waals surface area contributed by atoms with Crippen molar-refractivity contribution in [2.75, 3.05) is 5.32 Å². The second-order valence-electron chi connectivity index (χ2n) is 5.42. The predicted octanol–water partition coefficient (Wildman–Crippen LogP) is 3.75. The molecule has 0 aliphatic rings. The monoisotopic (exact) mass is 377 g/mol. The normalized spacial score (nSPS) is 10.7. The van der Waals surface area contributed by atoms with E-state index >= 15 is 0 Å². The van der Waals surface area contributed by atoms with Gasteiger partial charge >= 0.3 is 0 Å². The van der Waals surface area contributed by atoms with Gasteiger partial charge in [0.05, 0.1) is 28.0 Å². The minimum Gasteiger partial charge on any atom is -0.351 e. The minimum absolute atomic E-state index is 0.0970. The molecule has 3 aromatic rings. The van der Waals surface area contributed by atoms with Gasteiger partial charge in [-0.25, -0.2) is 0 Å². The highest BCUT2D eigenvalue weighted by atomic mass is 35.5. The van der Waals surface area contributed by atoms with E-state index < -0.39 is 5.91 Å². The third-order valence-corrected chi connectivity index (χ3v) is 4.17. The van der Waals surface area contributed by atoms with Crippen LogP contribution in [0.2, 0.25) is 10.0 Å². The molecular formula is C17H13Cl2N3O3. The molecule has 2 aromatic heterocycles. The lowest BCUT2D eigenvalue weighted by Crippen LogP contribution is -2.21. The van der Waals surface area contributed by atoms with Gasteiger partial charge in [0.1, 0.15) is 0 Å². The van der Waals surface area contributed by atoms with Gasteiger partial charge in [0, 0.05) is 18.3 Å². The summed E-state index contributed by atoms with van der Waals surface area (Å²) in [5.41, 5.74) is 1.67. The Morgan fingerprint density at radius 1 is 1.20 bits per heavy atom. The van der Waals surface area contributed by atoms with E-state index in [2.05, 4.69) is 10.5 Å². The van der Waals surface area contributed by atoms with Gasteiger partial charge in [-0.15, -0.1) is 0 Å². The van der Waals surface area contributed by atoms with Gasteiger partial charge in [-0.3, -0.25) is 9.59 Å². The number of carbonyl (C=O) groups is 1. The van der Waals surface area contributed by atoms with Crippen LogP contribution in [0.25, 0.3) is 0 Å². The van der Waals surface area contributed by atoms with Crippen LogP contribution in [0.15, 0.2) is 51.9 Å². The molecule has 0 aliphatic heterocycles. The van der Waals surface area contributed by atoms with Gasteiger partial charge in [0.15, 0.2) is 0 Å². The number of nitrogens with one attached hydrogen (secondary N) is 1. The molecule has 2 heterocycles. The molecule has 3 rings (SSSR count). The van der Waals surface area contributed by atoms with E-state index in [9.17, 15) is 9.59 Å². The van der Waals surface area contributed by atoms with Gasteiger partial charge in [-0.05, 0) is 30.7 Å². The number of benzene rings is 1. The Labute approximate surface area is 153 Å². The van der Waals surface area contributed by atoms with Gasteiger partial charge in [0.25, 0.3) is 11.5 Å². The van der Waals surface area contributed by atoms with Crippen LogP contribution in [0.4, 0.5) is 5.69 Å². The Hall–Kier alpha value is -2.57. The Morgan fingerprint density at radius 2 is 2.00 bits per heavy atom. The molecule has 0 saturated heterocycles. The molecule has 0 bridgehead atoms. The van der Waals surface area contributed by atoms with Crippen LogP contribution in [-0.4, -0.2) is 15.6 Å². The number of rotatable bonds is 4. The van der Waals surface area contributed by atoms with Crippen molar-refractivity contribution >= 4 is 34.8 Å². The van der Waals surface area contributed by atoms with Crippen LogP contribution in [0.3, 0.4) is 0 Å². The number of aryl methyl sites for hydroxylation is 1. The van der Waals surface area contributed by atoms with Crippen molar-refractivity contribution in [1.29, 1.82) is 0 Å². The number of anilines is 1. The molecule has 25 heavy (non-hydrogen) atoms. The summed E-state index contributed by atoms with van der Waals surface area (Å²) in [7, 11) is 0. The molecule has 0 saturated carbocycles. The molecule has 8 heteroatoms. The molecule has 6 nitrogen and oxygen atoms in total. The highest BCUT2D eigenvalue weighted by Crippen LogP contribution is 2.23. The maximum absolute atomic E-state index is 12.1. The maximum Gasteiger partial charge on any atom is 0.294 e. The SMILES string of the molecule is Cc1cc(C(=O)Nc2ccc(=O)n(Cc3ccc(Cl)c(Cl)c3)c2)on1. The van der Waals surface area contributed by atoms with Crippen LogP contribution in [-0.2, 0) is 6.54 Å². The highest BCUT2D eigenvalue weighted by Gasteiger charge is 2.12. The van der Waals surface area contributed by atoms with Crippen LogP contribution >= 0.6 is 23.2 Å². The van der Waals surface area contributed by atoms with Crippen LogP contribution in [0.1, 0.15) is 21.8 Å². The highest BCUT2D eigenvalue weighted by molar-refractivity contribution is 6.42. The summed E-state index contributed by atoms with van der Waals surface area (Å²) in [6.07, 6.45) is 1.55. The molecule has 128 valence electrons. The number of halogens is 2. The molecule has 0 radical (unpaired) electrons. The van der Waals surface area contributed by atoms with Gasteiger partial charge in [0.2, 0.25) is 5.76 Å². The fraction of sp³-hybridized carbons (Fsp3) is 0.118. The largest absolute Gasteiger partial charge is 0.351 e. The van der Waals surface area contributed by atoms with Crippen molar-refractivity contribution in [2.45, 2.75) is 13.5 Å². The molecule has 1 amide bonds. The summed E-state index contributed by atoms with van der Waals surface area (Å²) in [6, 6.07) is 9.57. The first-order valence-corrected chi connectivity index (χ1v) is 8.07. The molecule has 1 N–H and O–H groups in total. The van der Waals surface area contributed by atoms with Crippen molar-refractivity contribution in [1.82, 2.24) is 9.72 Å². The summed E-state index contributed by atoms with van der Waals surface area (Å²) < 4.78 is 6.37. The second-order valence-corrected chi connectivity index (χ2v) is 6.23. The van der Waals surface area contributed by atoms with Gasteiger partial charge in [-0.2, -0.15) is 0 Å². The van der Waals surface area contributed by atoms with Crippen molar-refractivity contribution in [3.63, 3.8) is 0 Å². The second kappa shape index (κ2) is 7.13. The molecule has 0 atom stereocenters. The zero-order valence-corrected chi connectivity index (χ0v) is 14.6. The minimum atomic E-state index is -0.444. The lowest BCUT2D eigenvalue weighted by molar-refractivity contribution is 0.0988. The Balaban J connectivity index is 1.81. The van der Waals surface area contributed by atoms with Crippen molar-refractivity contribution < 1.29 is 9.32 Å². The first-order valence-electron chi connectivity index (χ1n) is 7.31. The third-order valence-electron chi connectivity index (χ3n) is 3.43. The van der Waals surface area contributed by atoms with E-state index in [0.29, 0.717) is 28.0 Å². The van der Waals surface area contributed by atoms with Crippen molar-refractivity contribution in [3.8, 4) is 0 Å². The molecule has 0 aliphatic carbocycles. The van der Waals surface area contributed by atoms with E-state index in [-0.39, 0.29) is 11.3 Å². The molecule has 0 fully saturated rings. The average Bonchev–Trinajstić information content (AvgIpc) is 3.01. The average molecular weight is 378 g/mol. The van der Waals surface area contributed by atoms with Crippen LogP contribution < -0.4 is 10.9 Å². The summed E-state index contributed by atoms with van der Waals surface area (Å²) in [4.78, 5) is 24.1. The summed E-state index contributed by atoms with van der Waals surface area (Å²) >= 11 is 11.9. The number of hydrogen-bond donors (Lipinski definition) is 1. The zero-order valence-electron chi connectivity index (χ0n) is 13.1. The quantitative estimate of drug-likeness (QED) is 0.750. The lowest BCUT2D eigenvalue weighted by Gasteiger charge is -2.09. The maximum atomic E-state index is 12.1. The molecular weight excluding hydrogens is 365 g/mol. The van der Waals surface area contributed by atoms with Crippen LogP contribution in [0, 0.1) is 6.92 Å². The van der Waals surface area contributed by atoms with Crippen molar-refractivity contribution in [3.05, 3.63) is 80.0 Å². The fourth-order valence-corrected chi connectivity index (χ4v) is 2.55. The number of pyridine rings is 1. The van der Waals surface area contributed by atoms with E-state index in [1.54, 1.807) is 31.3 Å². The fourth-order valence-electron chi connectivity index (χ4n) is 2.23. The Bertz CT molecular complexity index is 995. The number of aromatic nitrogens is 2. The number of hydrogen-bond acceptors (Lipinski definition) is 4. The lowest BCUT2D eigenvalue weighted by atomic mass is 10.2. The van der Waals surface area contributed by atoms with Gasteiger partial charge in [-0.1, -0.05) is 34.4 Å². The van der Waals surface area contributed by atoms with E-state index in [1.165, 1.54) is 22.8 Å². The van der Waals surface area contributed by atoms with Crippen molar-refractivity contribution in [2.24, 2.45) is 0 Å². The summed E-state index contributed by atoms with van der Waals surface area (Å²) in [5.74, 6) is -0.347. The Kier molecular flexibility index (Phi) is 4.92. The first kappa shape index (κ1) is 17.3. The number of nitrogens with zero attached hydrogens (tertiary/aromatic N) is 2. The number of carbonyl (C=O) groups excluding carboxylic acids is 1. The Morgan fingerprint density at radius 3 is 2.68 bits per heavy atom. The smallest absolute Gasteiger partial charge is 0.294 e. The zero-order chi connectivity index (χ0) is 18.0. The van der Waals surface area contributed by atoms with E-state index in [1.807, 2.05) is 0 Å². The van der Waals surface area contributed by atoms with E-state index in [4.69, 9.17) is 27.7 Å². The predicted molar refractivity (Wildman–Crippen MR) is 95.5 cm³/mol. The first-order chi connectivity index (χ1) is 11.9. The standard InChI is InChI=1S/C17H13Cl2N3O3/c1-10-6-15(25-21-10)17(24)20-12-3-5-16(23)22(9-12)8-11-2-4-13(18)14(19)7-11/h2-7,9H,8H2,1H3,(H,20,24). The topological polar surface area (TPSA) is 77.1 Å². The summed E-state index contributed by atoms with van der Waals surface area (Å²) in [6.45, 7) is 2.01. The van der Waals surface area contributed by atoms with Crippen LogP contribution in [0.5, 0.6) is 0 Å². The number of amides is 1. The summed E-state index contributed by atoms with van der Waals surface area (Å²) in [5, 5.41) is 7.19. The molecule has 0 spiro atoms.